The Bertz CT molecular complexity index is 857. The quantitative estimate of drug-likeness (QED) is 0.729. The molecule has 2 aliphatic carbocycles. The fourth-order valence-electron chi connectivity index (χ4n) is 5.41. The Morgan fingerprint density at radius 2 is 1.80 bits per heavy atom. The normalized spacial score (nSPS) is 33.3. The average molecular weight is 372 g/mol. The molecule has 1 aromatic heterocycles. The highest BCUT2D eigenvalue weighted by atomic mass is 32.2. The minimum Gasteiger partial charge on any atom is -0.307 e. The predicted octanol–water partition coefficient (Wildman–Crippen LogP) is 5.39. The molecule has 2 nitrogen and oxygen atoms in total. The van der Waals surface area contributed by atoms with E-state index >= 15 is 0 Å². The first kappa shape index (κ1) is 16.2. The number of thioether (sulfide) groups is 1. The van der Waals surface area contributed by atoms with Crippen molar-refractivity contribution >= 4 is 23.1 Å². The van der Waals surface area contributed by atoms with Crippen LogP contribution in [0.2, 0.25) is 0 Å². The Morgan fingerprint density at radius 1 is 1.08 bits per heavy atom. The monoisotopic (exact) mass is 371 g/mol. The van der Waals surface area contributed by atoms with Gasteiger partial charge in [-0.25, -0.2) is 0 Å². The first-order valence-electron chi connectivity index (χ1n) is 9.42. The zero-order valence-corrected chi connectivity index (χ0v) is 16.7. The summed E-state index contributed by atoms with van der Waals surface area (Å²) in [6.07, 6.45) is 4.17. The second-order valence-electron chi connectivity index (χ2n) is 9.05. The van der Waals surface area contributed by atoms with Gasteiger partial charge in [-0.15, -0.1) is 11.8 Å². The van der Waals surface area contributed by atoms with E-state index in [0.717, 1.165) is 16.9 Å². The van der Waals surface area contributed by atoms with E-state index in [1.54, 1.807) is 0 Å². The van der Waals surface area contributed by atoms with Gasteiger partial charge in [0.15, 0.2) is 0 Å². The maximum Gasteiger partial charge on any atom is 0.305 e. The molecule has 25 heavy (non-hydrogen) atoms. The number of hydrogen-bond donors (Lipinski definition) is 1. The smallest absolute Gasteiger partial charge is 0.305 e. The van der Waals surface area contributed by atoms with Crippen molar-refractivity contribution in [3.63, 3.8) is 0 Å². The molecule has 2 aromatic rings. The highest BCUT2D eigenvalue weighted by Crippen LogP contribution is 2.63. The third kappa shape index (κ3) is 2.48. The van der Waals surface area contributed by atoms with Gasteiger partial charge >= 0.3 is 4.87 Å². The van der Waals surface area contributed by atoms with E-state index in [1.807, 2.05) is 11.8 Å². The number of nitrogens with one attached hydrogen (secondary N) is 1. The molecule has 5 rings (SSSR count). The molecule has 1 aromatic carbocycles. The third-order valence-electron chi connectivity index (χ3n) is 6.60. The molecule has 0 saturated heterocycles. The van der Waals surface area contributed by atoms with Crippen molar-refractivity contribution in [2.45, 2.75) is 61.6 Å². The molecule has 2 heterocycles. The van der Waals surface area contributed by atoms with Gasteiger partial charge in [-0.1, -0.05) is 56.4 Å². The number of H-pyrrole nitrogens is 1. The molecular weight excluding hydrogens is 346 g/mol. The Kier molecular flexibility index (Phi) is 3.56. The first-order chi connectivity index (χ1) is 11.9. The van der Waals surface area contributed by atoms with Crippen molar-refractivity contribution in [1.82, 2.24) is 4.98 Å². The van der Waals surface area contributed by atoms with Gasteiger partial charge in [0.1, 0.15) is 0 Å². The number of benzene rings is 1. The van der Waals surface area contributed by atoms with E-state index in [2.05, 4.69) is 50.0 Å². The minimum absolute atomic E-state index is 0.112. The molecule has 0 spiro atoms. The summed E-state index contributed by atoms with van der Waals surface area (Å²) < 4.78 is 0. The maximum atomic E-state index is 12.1. The average Bonchev–Trinajstić information content (AvgIpc) is 3.25. The summed E-state index contributed by atoms with van der Waals surface area (Å²) in [5.41, 5.74) is 2.97. The van der Waals surface area contributed by atoms with Crippen LogP contribution < -0.4 is 4.87 Å². The van der Waals surface area contributed by atoms with Crippen LogP contribution in [0.1, 0.15) is 62.0 Å². The standard InChI is InChI=1S/C21H25NOS2/c1-21(2,3)14-8-6-11(7-9-14)15-16-12-4-5-13(10-12)17(16)24-19-18(15)25-20(23)22-19/h6-9,12-13,15-17H,4-5,10H2,1-3H3,(H,22,23). The van der Waals surface area contributed by atoms with Crippen molar-refractivity contribution in [2.24, 2.45) is 17.8 Å². The minimum atomic E-state index is 0.112. The SMILES string of the molecule is CC(C)(C)c1ccc(C2c3sc(=O)[nH]c3SC3C4CCC(C4)C23)cc1. The van der Waals surface area contributed by atoms with E-state index in [1.165, 1.54) is 46.6 Å². The van der Waals surface area contributed by atoms with Crippen LogP contribution in [-0.4, -0.2) is 10.2 Å². The van der Waals surface area contributed by atoms with Crippen LogP contribution in [0.3, 0.4) is 0 Å². The van der Waals surface area contributed by atoms with Crippen molar-refractivity contribution in [2.75, 3.05) is 0 Å². The number of fused-ring (bicyclic) bond motifs is 6. The fraction of sp³-hybridized carbons (Fsp3) is 0.571. The molecule has 4 heteroatoms. The van der Waals surface area contributed by atoms with E-state index in [4.69, 9.17) is 0 Å². The highest BCUT2D eigenvalue weighted by molar-refractivity contribution is 8.00. The van der Waals surface area contributed by atoms with Gasteiger partial charge in [0.25, 0.3) is 0 Å². The Hall–Kier alpha value is -1.000. The molecule has 2 bridgehead atoms. The van der Waals surface area contributed by atoms with E-state index in [0.29, 0.717) is 17.1 Å². The number of aromatic nitrogens is 1. The van der Waals surface area contributed by atoms with Crippen LogP contribution in [0.25, 0.3) is 0 Å². The lowest BCUT2D eigenvalue weighted by Crippen LogP contribution is -2.33. The molecule has 5 unspecified atom stereocenters. The fourth-order valence-corrected chi connectivity index (χ4v) is 8.31. The molecule has 0 amide bonds. The maximum absolute atomic E-state index is 12.1. The summed E-state index contributed by atoms with van der Waals surface area (Å²) in [6.45, 7) is 6.80. The van der Waals surface area contributed by atoms with Gasteiger partial charge in [0.05, 0.1) is 5.03 Å². The van der Waals surface area contributed by atoms with Gasteiger partial charge in [-0.2, -0.15) is 0 Å². The Balaban J connectivity index is 1.61. The molecule has 0 radical (unpaired) electrons. The summed E-state index contributed by atoms with van der Waals surface area (Å²) in [4.78, 5) is 16.6. The summed E-state index contributed by atoms with van der Waals surface area (Å²) in [7, 11) is 0. The molecule has 1 aliphatic heterocycles. The lowest BCUT2D eigenvalue weighted by molar-refractivity contribution is 0.307. The summed E-state index contributed by atoms with van der Waals surface area (Å²) in [6, 6.07) is 9.26. The molecule has 132 valence electrons. The Morgan fingerprint density at radius 3 is 2.52 bits per heavy atom. The van der Waals surface area contributed by atoms with Crippen molar-refractivity contribution < 1.29 is 0 Å². The highest BCUT2D eigenvalue weighted by Gasteiger charge is 2.54. The third-order valence-corrected chi connectivity index (χ3v) is 9.22. The van der Waals surface area contributed by atoms with Gasteiger partial charge in [-0.05, 0) is 53.6 Å². The van der Waals surface area contributed by atoms with Crippen LogP contribution in [0.15, 0.2) is 34.1 Å². The molecule has 2 fully saturated rings. The van der Waals surface area contributed by atoms with Crippen LogP contribution >= 0.6 is 23.1 Å². The zero-order valence-electron chi connectivity index (χ0n) is 15.0. The molecule has 1 N–H and O–H groups in total. The number of thiazole rings is 1. The summed E-state index contributed by atoms with van der Waals surface area (Å²) >= 11 is 3.42. The van der Waals surface area contributed by atoms with Gasteiger partial charge in [-0.3, -0.25) is 4.79 Å². The largest absolute Gasteiger partial charge is 0.307 e. The van der Waals surface area contributed by atoms with Gasteiger partial charge < -0.3 is 4.98 Å². The lowest BCUT2D eigenvalue weighted by atomic mass is 9.74. The van der Waals surface area contributed by atoms with E-state index < -0.39 is 0 Å². The number of rotatable bonds is 1. The lowest BCUT2D eigenvalue weighted by Gasteiger charge is -2.40. The first-order valence-corrected chi connectivity index (χ1v) is 11.1. The number of hydrogen-bond acceptors (Lipinski definition) is 3. The molecule has 2 saturated carbocycles. The van der Waals surface area contributed by atoms with E-state index in [-0.39, 0.29) is 10.3 Å². The van der Waals surface area contributed by atoms with Crippen LogP contribution in [0.5, 0.6) is 0 Å². The van der Waals surface area contributed by atoms with Crippen molar-refractivity contribution in [3.05, 3.63) is 49.9 Å². The second-order valence-corrected chi connectivity index (χ2v) is 11.3. The molecular formula is C21H25NOS2. The summed E-state index contributed by atoms with van der Waals surface area (Å²) in [5.74, 6) is 2.82. The topological polar surface area (TPSA) is 32.9 Å². The molecule has 3 aliphatic rings. The van der Waals surface area contributed by atoms with Gasteiger partial charge in [0.2, 0.25) is 0 Å². The number of aromatic amines is 1. The van der Waals surface area contributed by atoms with Crippen molar-refractivity contribution in [3.8, 4) is 0 Å². The zero-order chi connectivity index (χ0) is 17.3. The van der Waals surface area contributed by atoms with Crippen LogP contribution in [0, 0.1) is 17.8 Å². The van der Waals surface area contributed by atoms with Crippen LogP contribution in [-0.2, 0) is 5.41 Å². The second kappa shape index (κ2) is 5.50. The summed E-state index contributed by atoms with van der Waals surface area (Å²) in [5, 5.41) is 1.86. The van der Waals surface area contributed by atoms with Gasteiger partial charge in [0, 0.05) is 16.0 Å². The van der Waals surface area contributed by atoms with Crippen molar-refractivity contribution in [1.29, 1.82) is 0 Å². The Labute approximate surface area is 157 Å². The van der Waals surface area contributed by atoms with Crippen LogP contribution in [0.4, 0.5) is 0 Å². The predicted molar refractivity (Wildman–Crippen MR) is 106 cm³/mol. The molecule has 5 atom stereocenters. The van der Waals surface area contributed by atoms with E-state index in [9.17, 15) is 4.79 Å².